The largest absolute Gasteiger partial charge is 0.548 e. The average Bonchev–Trinajstić information content (AvgIpc) is 3.20. The van der Waals surface area contributed by atoms with Crippen LogP contribution in [0.3, 0.4) is 0 Å². The van der Waals surface area contributed by atoms with Gasteiger partial charge in [-0.1, -0.05) is 13.3 Å². The molecule has 0 unspecified atom stereocenters. The van der Waals surface area contributed by atoms with Gasteiger partial charge in [0.1, 0.15) is 17.1 Å². The van der Waals surface area contributed by atoms with Gasteiger partial charge in [-0.05, 0) is 54.8 Å². The predicted molar refractivity (Wildman–Crippen MR) is 127 cm³/mol. The number of benzene rings is 2. The summed E-state index contributed by atoms with van der Waals surface area (Å²) in [6.45, 7) is 3.50. The van der Waals surface area contributed by atoms with E-state index < -0.39 is 29.6 Å². The molecule has 4 rings (SSSR count). The number of nitrogens with one attached hydrogen (secondary N) is 2. The van der Waals surface area contributed by atoms with Crippen LogP contribution in [0.15, 0.2) is 57.9 Å². The summed E-state index contributed by atoms with van der Waals surface area (Å²) < 4.78 is 11.0. The van der Waals surface area contributed by atoms with E-state index in [0.717, 1.165) is 29.3 Å². The molecule has 2 heterocycles. The number of hydrogen-bond acceptors (Lipinski definition) is 7. The van der Waals surface area contributed by atoms with Crippen LogP contribution in [0, 0.1) is 0 Å². The van der Waals surface area contributed by atoms with Crippen LogP contribution in [0.1, 0.15) is 31.4 Å². The van der Waals surface area contributed by atoms with Gasteiger partial charge < -0.3 is 34.5 Å². The molecule has 0 aliphatic carbocycles. The van der Waals surface area contributed by atoms with Gasteiger partial charge in [0.15, 0.2) is 6.10 Å². The molecule has 0 fully saturated rings. The first-order chi connectivity index (χ1) is 16.7. The number of aromatic hydroxyl groups is 1. The Kier molecular flexibility index (Phi) is 6.77. The smallest absolute Gasteiger partial charge is 0.336 e. The molecule has 0 bridgehead atoms. The SMILES string of the molecule is CCCc1cc(=O)oc2cc(O[C@H](C)C(=O)N[C@H](Cc3c[nH]c4ccc(O)cc34)C(=O)[O-])ccc12. The lowest BCUT2D eigenvalue weighted by molar-refractivity contribution is -0.308. The molecule has 0 radical (unpaired) electrons. The molecule has 3 N–H and O–H groups in total. The summed E-state index contributed by atoms with van der Waals surface area (Å²) in [4.78, 5) is 39.4. The fourth-order valence-corrected chi connectivity index (χ4v) is 4.05. The van der Waals surface area contributed by atoms with Crippen LogP contribution in [0.5, 0.6) is 11.5 Å². The standard InChI is InChI=1S/C26H26N2O7/c1-3-4-15-10-24(30)35-23-12-18(6-7-19(15)23)34-14(2)25(31)28-22(26(32)33)9-16-13-27-21-8-5-17(29)11-20(16)21/h5-8,10-14,22,27,29H,3-4,9H2,1-2H3,(H,28,31)(H,32,33)/p-1/t14-,22-/m1/s1. The third-order valence-corrected chi connectivity index (χ3v) is 5.78. The number of carboxylic acid groups (broad SMARTS) is 1. The molecule has 0 aliphatic rings. The molecule has 2 aromatic carbocycles. The van der Waals surface area contributed by atoms with Crippen molar-refractivity contribution in [1.29, 1.82) is 0 Å². The summed E-state index contributed by atoms with van der Waals surface area (Å²) in [6.07, 6.45) is 2.13. The summed E-state index contributed by atoms with van der Waals surface area (Å²) in [7, 11) is 0. The molecule has 9 heteroatoms. The average molecular weight is 477 g/mol. The lowest BCUT2D eigenvalue weighted by Gasteiger charge is -2.22. The molecule has 1 amide bonds. The number of rotatable bonds is 9. The molecule has 35 heavy (non-hydrogen) atoms. The Morgan fingerprint density at radius 3 is 2.69 bits per heavy atom. The number of phenolic OH excluding ortho intramolecular Hbond substituents is 1. The lowest BCUT2D eigenvalue weighted by Crippen LogP contribution is -2.52. The van der Waals surface area contributed by atoms with Gasteiger partial charge in [-0.15, -0.1) is 0 Å². The van der Waals surface area contributed by atoms with Gasteiger partial charge in [0, 0.05) is 41.0 Å². The molecule has 182 valence electrons. The van der Waals surface area contributed by atoms with Crippen molar-refractivity contribution in [1.82, 2.24) is 10.3 Å². The van der Waals surface area contributed by atoms with Crippen molar-refractivity contribution in [3.63, 3.8) is 0 Å². The second-order valence-electron chi connectivity index (χ2n) is 8.39. The van der Waals surface area contributed by atoms with Gasteiger partial charge in [0.25, 0.3) is 5.91 Å². The molecule has 9 nitrogen and oxygen atoms in total. The van der Waals surface area contributed by atoms with Crippen LogP contribution in [0.25, 0.3) is 21.9 Å². The maximum absolute atomic E-state index is 12.7. The number of amides is 1. The van der Waals surface area contributed by atoms with E-state index in [-0.39, 0.29) is 12.2 Å². The van der Waals surface area contributed by atoms with Crippen molar-refractivity contribution in [3.8, 4) is 11.5 Å². The van der Waals surface area contributed by atoms with E-state index in [9.17, 15) is 24.6 Å². The number of fused-ring (bicyclic) bond motifs is 2. The van der Waals surface area contributed by atoms with Crippen molar-refractivity contribution >= 4 is 33.7 Å². The third-order valence-electron chi connectivity index (χ3n) is 5.78. The zero-order valence-corrected chi connectivity index (χ0v) is 19.3. The van der Waals surface area contributed by atoms with E-state index in [1.807, 2.05) is 6.92 Å². The number of carbonyl (C=O) groups excluding carboxylic acids is 2. The Morgan fingerprint density at radius 1 is 1.14 bits per heavy atom. The number of H-pyrrole nitrogens is 1. The number of aryl methyl sites for hydroxylation is 1. The van der Waals surface area contributed by atoms with E-state index >= 15 is 0 Å². The lowest BCUT2D eigenvalue weighted by atomic mass is 10.0. The number of aliphatic carboxylic acids is 1. The van der Waals surface area contributed by atoms with Crippen molar-refractivity contribution < 1.29 is 29.0 Å². The van der Waals surface area contributed by atoms with Gasteiger partial charge in [-0.3, -0.25) is 4.79 Å². The van der Waals surface area contributed by atoms with Crippen LogP contribution in [-0.4, -0.2) is 34.1 Å². The predicted octanol–water partition coefficient (Wildman–Crippen LogP) is 2.18. The van der Waals surface area contributed by atoms with Gasteiger partial charge in [0.2, 0.25) is 0 Å². The third kappa shape index (κ3) is 5.29. The summed E-state index contributed by atoms with van der Waals surface area (Å²) in [5, 5.41) is 25.4. The molecule has 2 atom stereocenters. The summed E-state index contributed by atoms with van der Waals surface area (Å²) >= 11 is 0. The van der Waals surface area contributed by atoms with Crippen molar-refractivity contribution in [2.45, 2.75) is 45.3 Å². The Balaban J connectivity index is 1.48. The highest BCUT2D eigenvalue weighted by Crippen LogP contribution is 2.25. The number of aromatic amines is 1. The summed E-state index contributed by atoms with van der Waals surface area (Å²) in [6, 6.07) is 9.83. The second kappa shape index (κ2) is 9.92. The molecule has 2 aromatic heterocycles. The molecular formula is C26H25N2O7-. The minimum atomic E-state index is -1.45. The fourth-order valence-electron chi connectivity index (χ4n) is 4.05. The maximum atomic E-state index is 12.7. The van der Waals surface area contributed by atoms with Gasteiger partial charge in [-0.25, -0.2) is 4.79 Å². The Labute approximate surface area is 200 Å². The number of aromatic nitrogens is 1. The van der Waals surface area contributed by atoms with Crippen molar-refractivity contribution in [2.24, 2.45) is 0 Å². The Morgan fingerprint density at radius 2 is 1.94 bits per heavy atom. The Hall–Kier alpha value is -4.27. The molecular weight excluding hydrogens is 452 g/mol. The second-order valence-corrected chi connectivity index (χ2v) is 8.39. The van der Waals surface area contributed by atoms with E-state index in [1.165, 1.54) is 31.2 Å². The number of phenols is 1. The zero-order chi connectivity index (χ0) is 25.1. The number of carboxylic acids is 1. The number of ether oxygens (including phenoxy) is 1. The molecule has 0 spiro atoms. The quantitative estimate of drug-likeness (QED) is 0.313. The van der Waals surface area contributed by atoms with E-state index in [1.54, 1.807) is 24.4 Å². The zero-order valence-electron chi connectivity index (χ0n) is 19.3. The van der Waals surface area contributed by atoms with Crippen LogP contribution in [0.4, 0.5) is 0 Å². The van der Waals surface area contributed by atoms with Crippen molar-refractivity contribution in [3.05, 3.63) is 70.2 Å². The highest BCUT2D eigenvalue weighted by atomic mass is 16.5. The first kappa shape index (κ1) is 23.9. The fraction of sp³-hybridized carbons (Fsp3) is 0.269. The Bertz CT molecular complexity index is 1450. The minimum Gasteiger partial charge on any atom is -0.548 e. The highest BCUT2D eigenvalue weighted by molar-refractivity contribution is 5.88. The van der Waals surface area contributed by atoms with Gasteiger partial charge in [-0.2, -0.15) is 0 Å². The molecule has 0 saturated carbocycles. The molecule has 0 saturated heterocycles. The topological polar surface area (TPSA) is 145 Å². The summed E-state index contributed by atoms with van der Waals surface area (Å²) in [5.74, 6) is -1.75. The molecule has 0 aliphatic heterocycles. The van der Waals surface area contributed by atoms with E-state index in [0.29, 0.717) is 22.3 Å². The summed E-state index contributed by atoms with van der Waals surface area (Å²) in [5.41, 5.74) is 2.08. The van der Waals surface area contributed by atoms with Crippen LogP contribution in [-0.2, 0) is 22.4 Å². The monoisotopic (exact) mass is 477 g/mol. The van der Waals surface area contributed by atoms with Crippen LogP contribution >= 0.6 is 0 Å². The maximum Gasteiger partial charge on any atom is 0.336 e. The minimum absolute atomic E-state index is 0.0439. The van der Waals surface area contributed by atoms with E-state index in [2.05, 4.69) is 10.3 Å². The normalized spacial score (nSPS) is 13.0. The molecule has 4 aromatic rings. The number of hydrogen-bond donors (Lipinski definition) is 3. The number of carbonyl (C=O) groups is 2. The first-order valence-electron chi connectivity index (χ1n) is 11.3. The van der Waals surface area contributed by atoms with Gasteiger partial charge >= 0.3 is 5.63 Å². The van der Waals surface area contributed by atoms with Crippen LogP contribution < -0.4 is 20.8 Å². The van der Waals surface area contributed by atoms with Crippen molar-refractivity contribution in [2.75, 3.05) is 0 Å². The van der Waals surface area contributed by atoms with E-state index in [4.69, 9.17) is 9.15 Å². The highest BCUT2D eigenvalue weighted by Gasteiger charge is 2.22. The first-order valence-corrected chi connectivity index (χ1v) is 11.3. The van der Waals surface area contributed by atoms with Gasteiger partial charge in [0.05, 0.1) is 12.0 Å². The van der Waals surface area contributed by atoms with Crippen LogP contribution in [0.2, 0.25) is 0 Å².